The maximum absolute atomic E-state index is 10.9. The van der Waals surface area contributed by atoms with E-state index >= 15 is 0 Å². The van der Waals surface area contributed by atoms with Crippen LogP contribution in [0.15, 0.2) is 54.7 Å². The number of hydrogen-bond acceptors (Lipinski definition) is 6. The molecule has 1 unspecified atom stereocenters. The van der Waals surface area contributed by atoms with E-state index in [-0.39, 0.29) is 12.3 Å². The summed E-state index contributed by atoms with van der Waals surface area (Å²) in [6, 6.07) is 16.1. The molecule has 0 radical (unpaired) electrons. The van der Waals surface area contributed by atoms with Crippen molar-refractivity contribution in [1.29, 1.82) is 0 Å². The van der Waals surface area contributed by atoms with Gasteiger partial charge in [-0.3, -0.25) is 9.69 Å². The Morgan fingerprint density at radius 3 is 2.38 bits per heavy atom. The fourth-order valence-corrected chi connectivity index (χ4v) is 4.11. The molecule has 0 amide bonds. The first-order chi connectivity index (χ1) is 18.4. The third-order valence-corrected chi connectivity index (χ3v) is 6.12. The van der Waals surface area contributed by atoms with Crippen molar-refractivity contribution < 1.29 is 37.7 Å². The van der Waals surface area contributed by atoms with E-state index in [1.54, 1.807) is 0 Å². The van der Waals surface area contributed by atoms with Gasteiger partial charge in [0.05, 0.1) is 5.69 Å². The van der Waals surface area contributed by atoms with Gasteiger partial charge in [-0.25, -0.2) is 14.8 Å². The van der Waals surface area contributed by atoms with Gasteiger partial charge in [0.2, 0.25) is 0 Å². The summed E-state index contributed by atoms with van der Waals surface area (Å²) < 4.78 is 37.7. The fourth-order valence-electron chi connectivity index (χ4n) is 4.11. The minimum atomic E-state index is -5.08. The molecule has 0 aliphatic carbocycles. The first-order valence-electron chi connectivity index (χ1n) is 12.3. The predicted octanol–water partition coefficient (Wildman–Crippen LogP) is 5.13. The zero-order valence-electron chi connectivity index (χ0n) is 21.6. The SMILES string of the molecule is Cc1ccccc1COc1ccc(-c2ncc3c(n2)CCN(CC(C)CC(=O)O)C3)cc1.O=C(O)C(F)(F)F. The second-order valence-electron chi connectivity index (χ2n) is 9.40. The Kier molecular flexibility index (Phi) is 10.00. The van der Waals surface area contributed by atoms with E-state index in [0.29, 0.717) is 6.61 Å². The van der Waals surface area contributed by atoms with Gasteiger partial charge in [-0.1, -0.05) is 31.2 Å². The maximum atomic E-state index is 10.9. The summed E-state index contributed by atoms with van der Waals surface area (Å²) in [4.78, 5) is 31.5. The van der Waals surface area contributed by atoms with Crippen molar-refractivity contribution in [2.75, 3.05) is 13.1 Å². The Bertz CT molecular complexity index is 1280. The summed E-state index contributed by atoms with van der Waals surface area (Å²) in [5, 5.41) is 16.1. The van der Waals surface area contributed by atoms with Gasteiger partial charge in [0.25, 0.3) is 0 Å². The molecule has 1 atom stereocenters. The molecule has 1 aliphatic rings. The molecule has 1 aromatic heterocycles. The molecule has 39 heavy (non-hydrogen) atoms. The number of carbonyl (C=O) groups is 2. The quantitative estimate of drug-likeness (QED) is 0.401. The fraction of sp³-hybridized carbons (Fsp3) is 0.357. The molecule has 3 aromatic rings. The molecule has 11 heteroatoms. The van der Waals surface area contributed by atoms with Crippen LogP contribution in [0.3, 0.4) is 0 Å². The molecular formula is C28H30F3N3O5. The van der Waals surface area contributed by atoms with Gasteiger partial charge in [-0.05, 0) is 48.2 Å². The van der Waals surface area contributed by atoms with E-state index < -0.39 is 18.1 Å². The molecule has 2 N–H and O–H groups in total. The number of nitrogens with zero attached hydrogens (tertiary/aromatic N) is 3. The molecule has 2 heterocycles. The summed E-state index contributed by atoms with van der Waals surface area (Å²) in [7, 11) is 0. The zero-order valence-corrected chi connectivity index (χ0v) is 21.6. The Morgan fingerprint density at radius 1 is 1.10 bits per heavy atom. The second-order valence-corrected chi connectivity index (χ2v) is 9.40. The highest BCUT2D eigenvalue weighted by molar-refractivity contribution is 5.73. The Labute approximate surface area is 224 Å². The Hall–Kier alpha value is -3.99. The first-order valence-corrected chi connectivity index (χ1v) is 12.3. The van der Waals surface area contributed by atoms with Crippen molar-refractivity contribution >= 4 is 11.9 Å². The average molecular weight is 546 g/mol. The lowest BCUT2D eigenvalue weighted by atomic mass is 10.0. The summed E-state index contributed by atoms with van der Waals surface area (Å²) in [5.41, 5.74) is 5.58. The molecule has 0 fully saturated rings. The standard InChI is InChI=1S/C26H29N3O3.C2HF3O2/c1-18(13-25(30)31)15-29-12-11-24-22(16-29)14-27-26(28-24)20-7-9-23(10-8-20)32-17-21-6-4-3-5-19(21)2;3-2(4,5)1(6)7/h3-10,14,18H,11-13,15-17H2,1-2H3,(H,30,31);(H,6,7). The number of benzene rings is 2. The second kappa shape index (κ2) is 13.2. The van der Waals surface area contributed by atoms with Crippen LogP contribution in [0, 0.1) is 12.8 Å². The van der Waals surface area contributed by atoms with Crippen molar-refractivity contribution in [2.24, 2.45) is 5.92 Å². The lowest BCUT2D eigenvalue weighted by molar-refractivity contribution is -0.192. The van der Waals surface area contributed by atoms with E-state index in [1.807, 2.05) is 49.5 Å². The molecule has 1 aliphatic heterocycles. The van der Waals surface area contributed by atoms with Gasteiger partial charge in [0.1, 0.15) is 12.4 Å². The number of aliphatic carboxylic acids is 2. The number of halogens is 3. The van der Waals surface area contributed by atoms with Gasteiger partial charge in [-0.15, -0.1) is 0 Å². The van der Waals surface area contributed by atoms with Gasteiger partial charge >= 0.3 is 18.1 Å². The number of alkyl halides is 3. The highest BCUT2D eigenvalue weighted by Gasteiger charge is 2.38. The van der Waals surface area contributed by atoms with Gasteiger partial charge < -0.3 is 14.9 Å². The van der Waals surface area contributed by atoms with Crippen molar-refractivity contribution in [3.63, 3.8) is 0 Å². The smallest absolute Gasteiger partial charge is 0.489 e. The number of ether oxygens (including phenoxy) is 1. The highest BCUT2D eigenvalue weighted by atomic mass is 19.4. The topological polar surface area (TPSA) is 113 Å². The third kappa shape index (κ3) is 9.06. The van der Waals surface area contributed by atoms with E-state index in [4.69, 9.17) is 24.7 Å². The summed E-state index contributed by atoms with van der Waals surface area (Å²) in [6.07, 6.45) is -2.12. The average Bonchev–Trinajstić information content (AvgIpc) is 2.87. The summed E-state index contributed by atoms with van der Waals surface area (Å²) in [5.74, 6) is -1.83. The van der Waals surface area contributed by atoms with Crippen LogP contribution in [0.1, 0.15) is 35.7 Å². The molecule has 8 nitrogen and oxygen atoms in total. The number of fused-ring (bicyclic) bond motifs is 1. The van der Waals surface area contributed by atoms with Crippen LogP contribution in [0.4, 0.5) is 13.2 Å². The lowest BCUT2D eigenvalue weighted by Crippen LogP contribution is -2.35. The van der Waals surface area contributed by atoms with Crippen LogP contribution in [-0.4, -0.2) is 56.3 Å². The van der Waals surface area contributed by atoms with Gasteiger partial charge in [-0.2, -0.15) is 13.2 Å². The highest BCUT2D eigenvalue weighted by Crippen LogP contribution is 2.24. The molecule has 4 rings (SSSR count). The minimum absolute atomic E-state index is 0.126. The number of aryl methyl sites for hydroxylation is 1. The number of aromatic nitrogens is 2. The van der Waals surface area contributed by atoms with Gasteiger partial charge in [0.15, 0.2) is 5.82 Å². The van der Waals surface area contributed by atoms with E-state index in [9.17, 15) is 18.0 Å². The van der Waals surface area contributed by atoms with Crippen molar-refractivity contribution in [1.82, 2.24) is 14.9 Å². The van der Waals surface area contributed by atoms with Crippen LogP contribution < -0.4 is 4.74 Å². The summed E-state index contributed by atoms with van der Waals surface area (Å²) in [6.45, 7) is 7.05. The van der Waals surface area contributed by atoms with Crippen LogP contribution in [0.5, 0.6) is 5.75 Å². The van der Waals surface area contributed by atoms with E-state index in [2.05, 4.69) is 28.9 Å². The molecule has 0 saturated heterocycles. The molecule has 208 valence electrons. The monoisotopic (exact) mass is 545 g/mol. The Morgan fingerprint density at radius 2 is 1.77 bits per heavy atom. The van der Waals surface area contributed by atoms with E-state index in [0.717, 1.165) is 54.4 Å². The van der Waals surface area contributed by atoms with E-state index in [1.165, 1.54) is 11.1 Å². The molecular weight excluding hydrogens is 515 g/mol. The first kappa shape index (κ1) is 29.6. The lowest BCUT2D eigenvalue weighted by Gasteiger charge is -2.29. The van der Waals surface area contributed by atoms with Crippen molar-refractivity contribution in [3.8, 4) is 17.1 Å². The minimum Gasteiger partial charge on any atom is -0.489 e. The van der Waals surface area contributed by atoms with Crippen LogP contribution in [0.25, 0.3) is 11.4 Å². The maximum Gasteiger partial charge on any atom is 0.490 e. The van der Waals surface area contributed by atoms with Crippen LogP contribution >= 0.6 is 0 Å². The Balaban J connectivity index is 0.000000532. The third-order valence-electron chi connectivity index (χ3n) is 6.12. The number of hydrogen-bond donors (Lipinski definition) is 2. The van der Waals surface area contributed by atoms with Crippen molar-refractivity contribution in [3.05, 3.63) is 77.1 Å². The molecule has 0 spiro atoms. The summed E-state index contributed by atoms with van der Waals surface area (Å²) >= 11 is 0. The van der Waals surface area contributed by atoms with Crippen molar-refractivity contribution in [2.45, 2.75) is 46.0 Å². The van der Waals surface area contributed by atoms with Crippen LogP contribution in [-0.2, 0) is 29.2 Å². The number of carboxylic acid groups (broad SMARTS) is 2. The van der Waals surface area contributed by atoms with Gasteiger partial charge in [0, 0.05) is 49.8 Å². The molecule has 0 saturated carbocycles. The molecule has 0 bridgehead atoms. The predicted molar refractivity (Wildman–Crippen MR) is 137 cm³/mol. The number of rotatable bonds is 8. The van der Waals surface area contributed by atoms with Crippen LogP contribution in [0.2, 0.25) is 0 Å². The molecule has 2 aromatic carbocycles. The normalized spacial score (nSPS) is 14.0. The number of carboxylic acids is 2. The zero-order chi connectivity index (χ0) is 28.6. The largest absolute Gasteiger partial charge is 0.490 e.